The summed E-state index contributed by atoms with van der Waals surface area (Å²) in [6, 6.07) is 14.7. The molecular weight excluding hydrogens is 433 g/mol. The summed E-state index contributed by atoms with van der Waals surface area (Å²) in [4.78, 5) is 15.4. The van der Waals surface area contributed by atoms with Crippen molar-refractivity contribution in [2.75, 3.05) is 0 Å². The average molecular weight is 478 g/mol. The summed E-state index contributed by atoms with van der Waals surface area (Å²) in [5.41, 5.74) is 2.66. The van der Waals surface area contributed by atoms with Crippen molar-refractivity contribution in [3.05, 3.63) is 66.0 Å². The van der Waals surface area contributed by atoms with E-state index in [1.165, 1.54) is 11.1 Å². The normalized spacial score (nSPS) is 8.90. The maximum absolute atomic E-state index is 11.4. The van der Waals surface area contributed by atoms with Crippen LogP contribution in [-0.2, 0) is 43.9 Å². The molecule has 1 amide bonds. The minimum absolute atomic E-state index is 0. The predicted molar refractivity (Wildman–Crippen MR) is 126 cm³/mol. The first-order valence-corrected chi connectivity index (χ1v) is 9.22. The van der Waals surface area contributed by atoms with Gasteiger partial charge in [-0.15, -0.1) is 0 Å². The van der Waals surface area contributed by atoms with Crippen molar-refractivity contribution in [3.63, 3.8) is 0 Å². The number of hydrogen-bond acceptors (Lipinski definition) is 2. The van der Waals surface area contributed by atoms with Gasteiger partial charge < -0.3 is 5.32 Å². The molecule has 163 valence electrons. The first-order valence-electron chi connectivity index (χ1n) is 9.22. The molecule has 0 fully saturated rings. The largest absolute Gasteiger partial charge is 0.354 e. The molecule has 0 aliphatic rings. The molecule has 2 aromatic rings. The summed E-state index contributed by atoms with van der Waals surface area (Å²) in [5.74, 6) is 0.766. The van der Waals surface area contributed by atoms with Gasteiger partial charge in [0, 0.05) is 57.6 Å². The summed E-state index contributed by atoms with van der Waals surface area (Å²) in [6.07, 6.45) is 7.46. The zero-order chi connectivity index (χ0) is 18.5. The summed E-state index contributed by atoms with van der Waals surface area (Å²) < 4.78 is 0. The van der Waals surface area contributed by atoms with E-state index in [-0.39, 0.29) is 66.9 Å². The van der Waals surface area contributed by atoms with Crippen molar-refractivity contribution < 1.29 is 37.5 Å². The zero-order valence-corrected chi connectivity index (χ0v) is 19.5. The van der Waals surface area contributed by atoms with Crippen molar-refractivity contribution in [2.24, 2.45) is 0 Å². The van der Waals surface area contributed by atoms with Gasteiger partial charge in [0.25, 0.3) is 0 Å². The SMILES string of the molecule is C.C.C.CC(C)NC(=O)CCCCc1ccccc1.CC(C)c1cccnc1.[Y]. The molecule has 0 saturated heterocycles. The molecule has 0 aliphatic heterocycles. The fraction of sp³-hybridized carbons (Fsp3) is 0.520. The van der Waals surface area contributed by atoms with E-state index in [1.807, 2.05) is 32.2 Å². The number of unbranched alkanes of at least 4 members (excludes halogenated alkanes) is 1. The number of carbonyl (C=O) groups is 1. The number of carbonyl (C=O) groups excluding carboxylic acids is 1. The maximum Gasteiger partial charge on any atom is 0.220 e. The van der Waals surface area contributed by atoms with E-state index in [9.17, 15) is 4.79 Å². The van der Waals surface area contributed by atoms with Crippen LogP contribution >= 0.6 is 0 Å². The minimum Gasteiger partial charge on any atom is -0.354 e. The molecule has 4 heteroatoms. The monoisotopic (exact) mass is 477 g/mol. The second kappa shape index (κ2) is 21.6. The Hall–Kier alpha value is -1.06. The molecule has 1 N–H and O–H groups in total. The third-order valence-corrected chi connectivity index (χ3v) is 3.76. The Labute approximate surface area is 206 Å². The third kappa shape index (κ3) is 18.7. The smallest absolute Gasteiger partial charge is 0.220 e. The average Bonchev–Trinajstić information content (AvgIpc) is 2.60. The number of amides is 1. The van der Waals surface area contributed by atoms with Crippen LogP contribution in [0.15, 0.2) is 54.9 Å². The molecular formula is C25H44N2OY. The summed E-state index contributed by atoms with van der Waals surface area (Å²) >= 11 is 0. The standard InChI is InChI=1S/C14H21NO.C8H11N.3CH4.Y/c1-12(2)15-14(16)11-7-6-10-13-8-4-3-5-9-13;1-7(2)8-4-3-5-9-6-8;;;;/h3-5,8-9,12H,6-7,10-11H2,1-2H3,(H,15,16);3-7H,1-2H3;3*1H4;. The first-order chi connectivity index (χ1) is 12.0. The molecule has 1 aromatic heterocycles. The number of pyridine rings is 1. The van der Waals surface area contributed by atoms with Crippen LogP contribution < -0.4 is 5.32 Å². The Morgan fingerprint density at radius 2 is 1.55 bits per heavy atom. The molecule has 1 aromatic carbocycles. The number of nitrogens with one attached hydrogen (secondary N) is 1. The van der Waals surface area contributed by atoms with Gasteiger partial charge in [0.15, 0.2) is 0 Å². The first kappa shape index (κ1) is 35.4. The van der Waals surface area contributed by atoms with Gasteiger partial charge in [0.2, 0.25) is 5.91 Å². The number of aryl methyl sites for hydroxylation is 1. The Kier molecular flexibility index (Phi) is 26.4. The van der Waals surface area contributed by atoms with Gasteiger partial charge in [-0.05, 0) is 56.2 Å². The number of nitrogens with zero attached hydrogens (tertiary/aromatic N) is 1. The molecule has 3 nitrogen and oxygen atoms in total. The van der Waals surface area contributed by atoms with E-state index in [0.29, 0.717) is 12.3 Å². The Balaban J connectivity index is -0.000000210. The van der Waals surface area contributed by atoms with Crippen LogP contribution in [0.4, 0.5) is 0 Å². The van der Waals surface area contributed by atoms with Crippen LogP contribution in [0.5, 0.6) is 0 Å². The van der Waals surface area contributed by atoms with Gasteiger partial charge in [0.1, 0.15) is 0 Å². The van der Waals surface area contributed by atoms with Gasteiger partial charge in [-0.2, -0.15) is 0 Å². The fourth-order valence-electron chi connectivity index (χ4n) is 2.37. The molecule has 2 rings (SSSR count). The van der Waals surface area contributed by atoms with Crippen LogP contribution in [0.1, 0.15) is 86.3 Å². The summed E-state index contributed by atoms with van der Waals surface area (Å²) in [5, 5.41) is 2.90. The summed E-state index contributed by atoms with van der Waals surface area (Å²) in [7, 11) is 0. The number of benzene rings is 1. The van der Waals surface area contributed by atoms with Crippen LogP contribution in [-0.4, -0.2) is 16.9 Å². The van der Waals surface area contributed by atoms with Crippen LogP contribution in [0.2, 0.25) is 0 Å². The van der Waals surface area contributed by atoms with Gasteiger partial charge >= 0.3 is 0 Å². The minimum atomic E-state index is 0. The van der Waals surface area contributed by atoms with E-state index in [0.717, 1.165) is 19.3 Å². The van der Waals surface area contributed by atoms with E-state index < -0.39 is 0 Å². The number of hydrogen-bond donors (Lipinski definition) is 1. The molecule has 0 bridgehead atoms. The topological polar surface area (TPSA) is 42.0 Å². The molecule has 0 atom stereocenters. The Morgan fingerprint density at radius 3 is 2.00 bits per heavy atom. The van der Waals surface area contributed by atoms with E-state index >= 15 is 0 Å². The summed E-state index contributed by atoms with van der Waals surface area (Å²) in [6.45, 7) is 8.30. The van der Waals surface area contributed by atoms with E-state index in [1.54, 1.807) is 6.20 Å². The van der Waals surface area contributed by atoms with Gasteiger partial charge in [-0.1, -0.05) is 72.5 Å². The van der Waals surface area contributed by atoms with Crippen LogP contribution in [0.3, 0.4) is 0 Å². The quantitative estimate of drug-likeness (QED) is 0.435. The second-order valence-electron chi connectivity index (χ2n) is 6.86. The van der Waals surface area contributed by atoms with Crippen LogP contribution in [0.25, 0.3) is 0 Å². The second-order valence-corrected chi connectivity index (χ2v) is 6.86. The molecule has 1 heterocycles. The predicted octanol–water partition coefficient (Wildman–Crippen LogP) is 7.03. The maximum atomic E-state index is 11.4. The van der Waals surface area contributed by atoms with Crippen molar-refractivity contribution in [3.8, 4) is 0 Å². The van der Waals surface area contributed by atoms with Gasteiger partial charge in [0.05, 0.1) is 0 Å². The molecule has 0 aliphatic carbocycles. The third-order valence-electron chi connectivity index (χ3n) is 3.76. The fourth-order valence-corrected chi connectivity index (χ4v) is 2.37. The van der Waals surface area contributed by atoms with E-state index in [4.69, 9.17) is 0 Å². The molecule has 0 unspecified atom stereocenters. The van der Waals surface area contributed by atoms with E-state index in [2.05, 4.69) is 54.5 Å². The number of aromatic nitrogens is 1. The van der Waals surface area contributed by atoms with Gasteiger partial charge in [-0.3, -0.25) is 9.78 Å². The van der Waals surface area contributed by atoms with Gasteiger partial charge in [-0.25, -0.2) is 0 Å². The zero-order valence-electron chi connectivity index (χ0n) is 16.6. The van der Waals surface area contributed by atoms with Crippen LogP contribution in [0, 0.1) is 0 Å². The Bertz CT molecular complexity index is 586. The Morgan fingerprint density at radius 1 is 0.931 bits per heavy atom. The molecule has 0 spiro atoms. The van der Waals surface area contributed by atoms with Crippen molar-refractivity contribution in [2.45, 2.75) is 87.6 Å². The molecule has 0 saturated carbocycles. The number of rotatable bonds is 7. The molecule has 1 radical (unpaired) electrons. The van der Waals surface area contributed by atoms with Crippen molar-refractivity contribution in [1.82, 2.24) is 10.3 Å². The van der Waals surface area contributed by atoms with Crippen molar-refractivity contribution in [1.29, 1.82) is 0 Å². The molecule has 29 heavy (non-hydrogen) atoms. The van der Waals surface area contributed by atoms with Crippen molar-refractivity contribution >= 4 is 5.91 Å².